The number of carbonyl (C=O) groups excluding carboxylic acids is 2. The molecule has 4 unspecified atom stereocenters. The summed E-state index contributed by atoms with van der Waals surface area (Å²) >= 11 is 0. The molecule has 2 fully saturated rings. The number of hydrogen-bond donors (Lipinski definition) is 2. The van der Waals surface area contributed by atoms with Crippen LogP contribution in [-0.4, -0.2) is 122 Å². The maximum atomic E-state index is 13.8. The van der Waals surface area contributed by atoms with E-state index in [0.29, 0.717) is 18.8 Å². The van der Waals surface area contributed by atoms with Crippen LogP contribution < -0.4 is 63.3 Å². The van der Waals surface area contributed by atoms with Crippen molar-refractivity contribution in [3.8, 4) is 0 Å². The molecule has 0 radical (unpaired) electrons. The minimum atomic E-state index is -1.62. The molecule has 0 bridgehead atoms. The number of cyclic esters (lactones) is 1. The van der Waals surface area contributed by atoms with Gasteiger partial charge in [0.2, 0.25) is 0 Å². The van der Waals surface area contributed by atoms with Crippen LogP contribution in [0.4, 0.5) is 0 Å². The average molecular weight is 782 g/mol. The SMILES string of the molecule is CO[C@@H]1[C@@H](O[C@@H]2OC(C)[C@H](O[C@H]3CC(C)(C)[C@@H](C)C(C)O3)C(N(C)C)C2O)[C@@H](CC=O)C[C@@H](C)[C@@H](O)/C=C/C=C/C[C@@H](C)OC(=O)C[C@@H]1[O-].[Rb+]. The van der Waals surface area contributed by atoms with Gasteiger partial charge >= 0.3 is 64.2 Å². The average Bonchev–Trinajstić information content (AvgIpc) is 3.00. The Balaban J connectivity index is 0.00000867. The van der Waals surface area contributed by atoms with Crippen molar-refractivity contribution in [2.75, 3.05) is 21.2 Å². The van der Waals surface area contributed by atoms with Crippen molar-refractivity contribution in [2.45, 2.75) is 154 Å². The van der Waals surface area contributed by atoms with E-state index in [2.05, 4.69) is 20.8 Å². The van der Waals surface area contributed by atoms with Crippen molar-refractivity contribution < 1.29 is 112 Å². The Morgan fingerprint density at radius 3 is 2.30 bits per heavy atom. The van der Waals surface area contributed by atoms with Crippen LogP contribution >= 0.6 is 0 Å². The Bertz CT molecular complexity index is 1110. The van der Waals surface area contributed by atoms with E-state index < -0.39 is 85.8 Å². The number of aliphatic hydroxyl groups is 2. The molecule has 0 spiro atoms. The van der Waals surface area contributed by atoms with Gasteiger partial charge in [-0.1, -0.05) is 58.1 Å². The van der Waals surface area contributed by atoms with Crippen molar-refractivity contribution >= 4 is 12.3 Å². The number of carbonyl (C=O) groups is 2. The van der Waals surface area contributed by atoms with Crippen LogP contribution in [-0.2, 0) is 38.0 Å². The van der Waals surface area contributed by atoms with Crippen LogP contribution in [0.1, 0.15) is 80.6 Å². The molecule has 3 heterocycles. The van der Waals surface area contributed by atoms with Crippen LogP contribution in [0.3, 0.4) is 0 Å². The fraction of sp³-hybridized carbons (Fsp3) is 0.838. The first kappa shape index (κ1) is 46.2. The molecule has 0 aromatic rings. The van der Waals surface area contributed by atoms with Gasteiger partial charge in [0.25, 0.3) is 0 Å². The van der Waals surface area contributed by atoms with Crippen molar-refractivity contribution in [2.24, 2.45) is 23.2 Å². The number of likely N-dealkylation sites (N-methyl/N-ethyl adjacent to an activating group) is 1. The predicted molar refractivity (Wildman–Crippen MR) is 181 cm³/mol. The van der Waals surface area contributed by atoms with Gasteiger partial charge in [-0.05, 0) is 64.5 Å². The van der Waals surface area contributed by atoms with E-state index >= 15 is 0 Å². The Morgan fingerprint density at radius 2 is 1.70 bits per heavy atom. The minimum absolute atomic E-state index is 0. The molecule has 0 aromatic carbocycles. The smallest absolute Gasteiger partial charge is 0.850 e. The molecule has 3 aliphatic rings. The second-order valence-electron chi connectivity index (χ2n) is 15.3. The maximum absolute atomic E-state index is 13.8. The largest absolute Gasteiger partial charge is 1.00 e. The molecule has 3 rings (SSSR count). The summed E-state index contributed by atoms with van der Waals surface area (Å²) in [6.45, 7) is 14.0. The Labute approximate surface area is 348 Å². The van der Waals surface area contributed by atoms with E-state index in [0.717, 1.165) is 6.29 Å². The fourth-order valence-corrected chi connectivity index (χ4v) is 7.35. The molecule has 0 aromatic heterocycles. The van der Waals surface area contributed by atoms with Crippen LogP contribution in [0.15, 0.2) is 24.3 Å². The zero-order chi connectivity index (χ0) is 36.6. The summed E-state index contributed by atoms with van der Waals surface area (Å²) in [4.78, 5) is 26.7. The van der Waals surface area contributed by atoms with Crippen LogP contribution in [0, 0.1) is 23.2 Å². The third kappa shape index (κ3) is 12.6. The van der Waals surface area contributed by atoms with E-state index in [-0.39, 0.29) is 88.5 Å². The molecule has 0 saturated carbocycles. The van der Waals surface area contributed by atoms with Crippen molar-refractivity contribution in [1.29, 1.82) is 0 Å². The summed E-state index contributed by atoms with van der Waals surface area (Å²) < 4.78 is 36.9. The van der Waals surface area contributed by atoms with Gasteiger partial charge < -0.3 is 53.4 Å². The van der Waals surface area contributed by atoms with E-state index in [1.165, 1.54) is 7.11 Å². The number of ether oxygens (including phenoxy) is 6. The van der Waals surface area contributed by atoms with Gasteiger partial charge in [-0.15, -0.1) is 0 Å². The number of nitrogens with zero attached hydrogens (tertiary/aromatic N) is 1. The van der Waals surface area contributed by atoms with E-state index in [4.69, 9.17) is 28.4 Å². The Kier molecular flexibility index (Phi) is 19.6. The van der Waals surface area contributed by atoms with Crippen molar-refractivity contribution in [3.63, 3.8) is 0 Å². The van der Waals surface area contributed by atoms with E-state index in [9.17, 15) is 24.9 Å². The molecular weight excluding hydrogens is 720 g/mol. The number of hydrogen-bond acceptors (Lipinski definition) is 12. The molecule has 15 atom stereocenters. The normalized spacial score (nSPS) is 43.3. The summed E-state index contributed by atoms with van der Waals surface area (Å²) in [7, 11) is 5.02. The number of allylic oxidation sites excluding steroid dienone is 2. The van der Waals surface area contributed by atoms with Gasteiger partial charge in [0, 0.05) is 32.8 Å². The van der Waals surface area contributed by atoms with Crippen molar-refractivity contribution in [1.82, 2.24) is 4.90 Å². The third-order valence-corrected chi connectivity index (χ3v) is 10.8. The predicted octanol–water partition coefficient (Wildman–Crippen LogP) is -0.232. The molecule has 12 nitrogen and oxygen atoms in total. The molecule has 0 aliphatic carbocycles. The second kappa shape index (κ2) is 21.2. The van der Waals surface area contributed by atoms with Crippen molar-refractivity contribution in [3.05, 3.63) is 24.3 Å². The van der Waals surface area contributed by atoms with Crippen LogP contribution in [0.25, 0.3) is 0 Å². The fourth-order valence-electron chi connectivity index (χ4n) is 7.35. The maximum Gasteiger partial charge on any atom is 1.00 e. The Hall–Kier alpha value is 0.0652. The second-order valence-corrected chi connectivity index (χ2v) is 15.3. The number of esters is 1. The number of aldehydes is 1. The Morgan fingerprint density at radius 1 is 1.02 bits per heavy atom. The summed E-state index contributed by atoms with van der Waals surface area (Å²) in [5, 5.41) is 36.6. The number of aliphatic hydroxyl groups excluding tert-OH is 2. The summed E-state index contributed by atoms with van der Waals surface area (Å²) in [5.74, 6) is -1.32. The first-order chi connectivity index (χ1) is 23.0. The zero-order valence-corrected chi connectivity index (χ0v) is 37.0. The van der Waals surface area contributed by atoms with Crippen LogP contribution in [0.2, 0.25) is 0 Å². The van der Waals surface area contributed by atoms with Gasteiger partial charge in [0.15, 0.2) is 12.6 Å². The monoisotopic (exact) mass is 781 g/mol. The number of methoxy groups -OCH3 is 1. The minimum Gasteiger partial charge on any atom is -0.850 e. The molecule has 13 heteroatoms. The molecule has 3 aliphatic heterocycles. The topological polar surface area (TPSA) is 156 Å². The third-order valence-electron chi connectivity index (χ3n) is 10.8. The van der Waals surface area contributed by atoms with Gasteiger partial charge in [-0.25, -0.2) is 0 Å². The van der Waals surface area contributed by atoms with E-state index in [1.807, 2.05) is 45.8 Å². The number of rotatable bonds is 8. The molecule has 2 N–H and O–H groups in total. The molecule has 50 heavy (non-hydrogen) atoms. The molecule has 0 amide bonds. The standard InChI is InChI=1S/C37H62NO11.Rb/c1-21-18-26(16-17-39)34(35(44-10)28(41)19-29(42)45-22(2)14-12-11-13-15-27(21)40)49-36-32(43)31(38(8)9)33(25(5)47-36)48-30-20-37(6,7)23(3)24(4)46-30;/h11-13,15,17,21-28,30-36,40,43H,14,16,18-20H2,1-10H3;/q-1;+1/b12-11+,15-13+;/t21-,22-,23+,24?,25?,26+,27+,28+,30+,31?,32?,33+,34+,35+,36+;/m1./s1. The van der Waals surface area contributed by atoms with Gasteiger partial charge in [-0.3, -0.25) is 4.79 Å². The van der Waals surface area contributed by atoms with Crippen LogP contribution in [0.5, 0.6) is 0 Å². The summed E-state index contributed by atoms with van der Waals surface area (Å²) in [6, 6.07) is -0.592. The molecule has 2 saturated heterocycles. The summed E-state index contributed by atoms with van der Waals surface area (Å²) in [5.41, 5.74) is -0.0253. The molecule has 282 valence electrons. The quantitative estimate of drug-likeness (QED) is 0.247. The van der Waals surface area contributed by atoms with Gasteiger partial charge in [-0.2, -0.15) is 0 Å². The first-order valence-electron chi connectivity index (χ1n) is 17.8. The summed E-state index contributed by atoms with van der Waals surface area (Å²) in [6.07, 6.45) is -0.868. The first-order valence-corrected chi connectivity index (χ1v) is 17.8. The van der Waals surface area contributed by atoms with E-state index in [1.54, 1.807) is 25.2 Å². The molecular formula is C37H62NO11Rb. The van der Waals surface area contributed by atoms with Gasteiger partial charge in [0.05, 0.1) is 36.6 Å². The van der Waals surface area contributed by atoms with Gasteiger partial charge in [0.1, 0.15) is 24.6 Å². The zero-order valence-electron chi connectivity index (χ0n) is 32.1.